The first-order chi connectivity index (χ1) is 6.39. The second kappa shape index (κ2) is 3.76. The topological polar surface area (TPSA) is 35.0 Å². The van der Waals surface area contributed by atoms with Gasteiger partial charge < -0.3 is 17.7 Å². The van der Waals surface area contributed by atoms with Crippen LogP contribution in [0.15, 0.2) is 12.4 Å². The molecule has 0 atom stereocenters. The minimum Gasteiger partial charge on any atom is -0.445 e. The first kappa shape index (κ1) is 10.7. The van der Waals surface area contributed by atoms with Crippen molar-refractivity contribution in [3.63, 3.8) is 0 Å². The van der Waals surface area contributed by atoms with Gasteiger partial charge in [-0.05, 0) is 0 Å². The van der Waals surface area contributed by atoms with Gasteiger partial charge in [-0.1, -0.05) is 5.46 Å². The van der Waals surface area contributed by atoms with Crippen LogP contribution in [-0.2, 0) is 0 Å². The van der Waals surface area contributed by atoms with Gasteiger partial charge >= 0.3 is 19.6 Å². The minimum atomic E-state index is -5.21. The summed E-state index contributed by atoms with van der Waals surface area (Å²) in [6.45, 7) is -8.37. The van der Waals surface area contributed by atoms with E-state index in [0.29, 0.717) is 12.4 Å². The Morgan fingerprint density at radius 1 is 1.14 bits per heavy atom. The summed E-state index contributed by atoms with van der Waals surface area (Å²) >= 11 is 0. The van der Waals surface area contributed by atoms with Gasteiger partial charge in [0.05, 0.1) is 0 Å². The van der Waals surface area contributed by atoms with Crippen molar-refractivity contribution < 1.29 is 26.5 Å². The third-order valence-corrected chi connectivity index (χ3v) is 1.22. The predicted molar refractivity (Wildman–Crippen MR) is 37.4 cm³/mol. The van der Waals surface area contributed by atoms with Crippen molar-refractivity contribution in [3.8, 4) is 6.01 Å². The highest BCUT2D eigenvalue weighted by Gasteiger charge is 2.26. The first-order valence-corrected chi connectivity index (χ1v) is 3.36. The van der Waals surface area contributed by atoms with Crippen LogP contribution in [0, 0.1) is 0 Å². The van der Waals surface area contributed by atoms with Gasteiger partial charge in [0, 0.05) is 12.4 Å². The van der Waals surface area contributed by atoms with E-state index >= 15 is 0 Å². The highest BCUT2D eigenvalue weighted by atomic mass is 19.4. The summed E-state index contributed by atoms with van der Waals surface area (Å²) in [4.78, 5) is 5.94. The normalized spacial score (nSPS) is 11.9. The Kier molecular flexibility index (Phi) is 2.87. The fourth-order valence-corrected chi connectivity index (χ4v) is 0.636. The van der Waals surface area contributed by atoms with E-state index in [9.17, 15) is 21.7 Å². The Labute approximate surface area is 75.0 Å². The smallest absolute Gasteiger partial charge is 0.445 e. The van der Waals surface area contributed by atoms with Crippen LogP contribution < -0.4 is 10.2 Å². The zero-order valence-electron chi connectivity index (χ0n) is 6.50. The van der Waals surface area contributed by atoms with Gasteiger partial charge in [0.1, 0.15) is 0 Å². The van der Waals surface area contributed by atoms with E-state index in [1.54, 1.807) is 0 Å². The van der Waals surface area contributed by atoms with Crippen molar-refractivity contribution in [2.45, 2.75) is 6.61 Å². The number of rotatable bonds is 3. The minimum absolute atomic E-state index is 0.394. The van der Waals surface area contributed by atoms with Crippen LogP contribution in [0.3, 0.4) is 0 Å². The molecule has 1 heterocycles. The molecule has 0 spiro atoms. The summed E-state index contributed by atoms with van der Waals surface area (Å²) in [7, 11) is 0. The number of hydrogen-bond donors (Lipinski definition) is 0. The van der Waals surface area contributed by atoms with Gasteiger partial charge in [-0.15, -0.1) is 0 Å². The monoisotopic (exact) mass is 213 g/mol. The standard InChI is InChI=1S/C5H3BF5N2O/c7-4(8)14-5-12-1-3(2-13-5)6(9,10)11/h1-2,4H/q-1. The Morgan fingerprint density at radius 3 is 2.00 bits per heavy atom. The molecule has 0 N–H and O–H groups in total. The molecule has 0 aliphatic heterocycles. The number of aromatic nitrogens is 2. The second-order valence-corrected chi connectivity index (χ2v) is 2.25. The summed E-state index contributed by atoms with van der Waals surface area (Å²) in [5.74, 6) is 0. The number of alkyl halides is 2. The lowest BCUT2D eigenvalue weighted by atomic mass is 9.83. The molecular formula is C5H3BF5N2O-. The molecule has 0 amide bonds. The summed E-state index contributed by atoms with van der Waals surface area (Å²) in [5, 5.41) is 0. The molecule has 0 aliphatic rings. The highest BCUT2D eigenvalue weighted by molar-refractivity contribution is 6.73. The molecule has 0 radical (unpaired) electrons. The number of ether oxygens (including phenoxy) is 1. The molecule has 0 unspecified atom stereocenters. The molecule has 0 saturated carbocycles. The van der Waals surface area contributed by atoms with Crippen molar-refractivity contribution in [1.29, 1.82) is 0 Å². The van der Waals surface area contributed by atoms with Crippen molar-refractivity contribution >= 4 is 12.4 Å². The molecule has 0 saturated heterocycles. The van der Waals surface area contributed by atoms with E-state index in [-0.39, 0.29) is 0 Å². The molecule has 0 fully saturated rings. The fourth-order valence-electron chi connectivity index (χ4n) is 0.636. The molecule has 1 aromatic heterocycles. The Balaban J connectivity index is 2.79. The Bertz CT molecular complexity index is 300. The lowest BCUT2D eigenvalue weighted by molar-refractivity contribution is -0.0560. The highest BCUT2D eigenvalue weighted by Crippen LogP contribution is 2.09. The molecule has 14 heavy (non-hydrogen) atoms. The number of hydrogen-bond acceptors (Lipinski definition) is 3. The molecule has 3 nitrogen and oxygen atoms in total. The largest absolute Gasteiger partial charge is 0.512 e. The Morgan fingerprint density at radius 2 is 1.64 bits per heavy atom. The quantitative estimate of drug-likeness (QED) is 0.557. The molecule has 0 bridgehead atoms. The molecule has 0 aliphatic carbocycles. The van der Waals surface area contributed by atoms with Crippen molar-refractivity contribution in [3.05, 3.63) is 12.4 Å². The Hall–Kier alpha value is -1.41. The van der Waals surface area contributed by atoms with Crippen molar-refractivity contribution in [2.24, 2.45) is 0 Å². The maximum absolute atomic E-state index is 12.0. The summed E-state index contributed by atoms with van der Waals surface area (Å²) in [5.41, 5.74) is -1.06. The molecule has 9 heteroatoms. The van der Waals surface area contributed by atoms with Crippen molar-refractivity contribution in [2.75, 3.05) is 0 Å². The maximum Gasteiger partial charge on any atom is 0.512 e. The number of nitrogens with zero attached hydrogens (tertiary/aromatic N) is 2. The van der Waals surface area contributed by atoms with E-state index in [2.05, 4.69) is 14.7 Å². The van der Waals surface area contributed by atoms with Crippen LogP contribution in [-0.4, -0.2) is 23.6 Å². The number of halogens is 5. The van der Waals surface area contributed by atoms with Crippen LogP contribution in [0.5, 0.6) is 6.01 Å². The zero-order chi connectivity index (χ0) is 10.8. The van der Waals surface area contributed by atoms with Gasteiger partial charge in [-0.25, -0.2) is 9.97 Å². The predicted octanol–water partition coefficient (Wildman–Crippen LogP) is 1.13. The molecule has 1 rings (SSSR count). The van der Waals surface area contributed by atoms with Crippen LogP contribution in [0.2, 0.25) is 0 Å². The summed E-state index contributed by atoms with van der Waals surface area (Å²) in [6, 6.07) is -0.788. The van der Waals surface area contributed by atoms with Gasteiger partial charge in [0.2, 0.25) is 0 Å². The van der Waals surface area contributed by atoms with E-state index in [4.69, 9.17) is 0 Å². The van der Waals surface area contributed by atoms with Crippen LogP contribution in [0.25, 0.3) is 0 Å². The van der Waals surface area contributed by atoms with E-state index in [0.717, 1.165) is 0 Å². The van der Waals surface area contributed by atoms with Crippen LogP contribution >= 0.6 is 0 Å². The zero-order valence-corrected chi connectivity index (χ0v) is 6.50. The summed E-state index contributed by atoms with van der Waals surface area (Å²) in [6.07, 6.45) is 0.787. The average Bonchev–Trinajstić information content (AvgIpc) is 2.02. The van der Waals surface area contributed by atoms with Gasteiger partial charge in [-0.3, -0.25) is 0 Å². The molecular weight excluding hydrogens is 210 g/mol. The van der Waals surface area contributed by atoms with Gasteiger partial charge in [-0.2, -0.15) is 8.78 Å². The molecule has 0 aromatic carbocycles. The van der Waals surface area contributed by atoms with Gasteiger partial charge in [0.15, 0.2) is 0 Å². The van der Waals surface area contributed by atoms with Crippen LogP contribution in [0.4, 0.5) is 21.7 Å². The maximum atomic E-state index is 12.0. The molecule has 1 aromatic rings. The lowest BCUT2D eigenvalue weighted by Gasteiger charge is -2.13. The van der Waals surface area contributed by atoms with Crippen molar-refractivity contribution in [1.82, 2.24) is 9.97 Å². The third kappa shape index (κ3) is 2.82. The van der Waals surface area contributed by atoms with E-state index < -0.39 is 25.1 Å². The van der Waals surface area contributed by atoms with Gasteiger partial charge in [0.25, 0.3) is 0 Å². The fraction of sp³-hybridized carbons (Fsp3) is 0.200. The lowest BCUT2D eigenvalue weighted by Crippen LogP contribution is -2.34. The third-order valence-electron chi connectivity index (χ3n) is 1.22. The SMILES string of the molecule is FC(F)Oc1ncc([B-](F)(F)F)cn1. The second-order valence-electron chi connectivity index (χ2n) is 2.25. The van der Waals surface area contributed by atoms with Crippen LogP contribution in [0.1, 0.15) is 0 Å². The first-order valence-electron chi connectivity index (χ1n) is 3.36. The van der Waals surface area contributed by atoms with E-state index in [1.807, 2.05) is 0 Å². The average molecular weight is 213 g/mol. The molecule has 78 valence electrons. The summed E-state index contributed by atoms with van der Waals surface area (Å²) < 4.78 is 62.7. The van der Waals surface area contributed by atoms with E-state index in [1.165, 1.54) is 0 Å².